The van der Waals surface area contributed by atoms with Gasteiger partial charge in [0.1, 0.15) is 30.4 Å². The molecule has 7 nitrogen and oxygen atoms in total. The van der Waals surface area contributed by atoms with Gasteiger partial charge in [-0.3, -0.25) is 9.59 Å². The summed E-state index contributed by atoms with van der Waals surface area (Å²) in [5.41, 5.74) is 7.03. The highest BCUT2D eigenvalue weighted by Crippen LogP contribution is 2.35. The van der Waals surface area contributed by atoms with Crippen molar-refractivity contribution in [3.8, 4) is 0 Å². The maximum atomic E-state index is 11.5. The lowest BCUT2D eigenvalue weighted by Gasteiger charge is -2.43. The first kappa shape index (κ1) is 20.7. The number of carbonyl (C=O) groups excluding carboxylic acids is 2. The monoisotopic (exact) mass is 383 g/mol. The van der Waals surface area contributed by atoms with E-state index in [1.165, 1.54) is 32.7 Å². The molecule has 1 aliphatic rings. The molecule has 1 aliphatic heterocycles. The second-order valence-corrected chi connectivity index (χ2v) is 7.30. The largest absolute Gasteiger partial charge is 0.463 e. The van der Waals surface area contributed by atoms with Crippen molar-refractivity contribution in [2.45, 2.75) is 55.5 Å². The molecule has 0 radical (unpaired) electrons. The van der Waals surface area contributed by atoms with Gasteiger partial charge in [0.15, 0.2) is 0 Å². The summed E-state index contributed by atoms with van der Waals surface area (Å²) in [6.07, 6.45) is -1.95. The Labute approximate surface area is 157 Å². The van der Waals surface area contributed by atoms with E-state index in [4.69, 9.17) is 24.7 Å². The predicted octanol–water partition coefficient (Wildman–Crippen LogP) is 1.65. The number of hydrogen-bond donors (Lipinski definition) is 1. The number of thioether (sulfide) groups is 1. The minimum absolute atomic E-state index is 0.0532. The zero-order valence-corrected chi connectivity index (χ0v) is 16.2. The van der Waals surface area contributed by atoms with Gasteiger partial charge in [-0.05, 0) is 19.1 Å². The fourth-order valence-electron chi connectivity index (χ4n) is 2.74. The number of rotatable bonds is 6. The first-order chi connectivity index (χ1) is 12.3. The molecule has 1 aromatic carbocycles. The number of carbonyl (C=O) groups is 2. The molecule has 2 N–H and O–H groups in total. The van der Waals surface area contributed by atoms with Gasteiger partial charge in [-0.25, -0.2) is 0 Å². The number of esters is 2. The highest BCUT2D eigenvalue weighted by molar-refractivity contribution is 7.99. The lowest BCUT2D eigenvalue weighted by Crippen LogP contribution is -2.63. The molecule has 5 unspecified atom stereocenters. The number of aryl methyl sites for hydroxylation is 1. The van der Waals surface area contributed by atoms with E-state index in [-0.39, 0.29) is 6.61 Å². The summed E-state index contributed by atoms with van der Waals surface area (Å²) in [6.45, 7) is 4.56. The smallest absolute Gasteiger partial charge is 0.303 e. The summed E-state index contributed by atoms with van der Waals surface area (Å²) in [4.78, 5) is 23.6. The minimum atomic E-state index is -0.772. The van der Waals surface area contributed by atoms with E-state index in [1.54, 1.807) is 0 Å². The molecule has 1 aromatic rings. The van der Waals surface area contributed by atoms with Crippen LogP contribution in [0.25, 0.3) is 0 Å². The van der Waals surface area contributed by atoms with Crippen LogP contribution in [0.15, 0.2) is 29.2 Å². The zero-order valence-electron chi connectivity index (χ0n) is 15.3. The third-order valence-electron chi connectivity index (χ3n) is 4.00. The van der Waals surface area contributed by atoms with Gasteiger partial charge in [-0.15, -0.1) is 0 Å². The van der Waals surface area contributed by atoms with Crippen LogP contribution in [0.3, 0.4) is 0 Å². The highest BCUT2D eigenvalue weighted by Gasteiger charge is 2.47. The Morgan fingerprint density at radius 1 is 1.15 bits per heavy atom. The normalized spacial score (nSPS) is 28.4. The van der Waals surface area contributed by atoms with E-state index in [2.05, 4.69) is 0 Å². The van der Waals surface area contributed by atoms with Crippen molar-refractivity contribution in [3.63, 3.8) is 0 Å². The van der Waals surface area contributed by atoms with Crippen molar-refractivity contribution in [3.05, 3.63) is 29.8 Å². The zero-order chi connectivity index (χ0) is 19.3. The van der Waals surface area contributed by atoms with Gasteiger partial charge in [0.05, 0.1) is 6.04 Å². The van der Waals surface area contributed by atoms with Gasteiger partial charge in [-0.1, -0.05) is 29.5 Å². The summed E-state index contributed by atoms with van der Waals surface area (Å²) in [7, 11) is 1.54. The van der Waals surface area contributed by atoms with Gasteiger partial charge >= 0.3 is 11.9 Å². The molecule has 5 atom stereocenters. The molecule has 1 heterocycles. The third-order valence-corrected chi connectivity index (χ3v) is 5.16. The van der Waals surface area contributed by atoms with E-state index in [9.17, 15) is 9.59 Å². The summed E-state index contributed by atoms with van der Waals surface area (Å²) in [5, 5.41) is 0. The standard InChI is InChI=1S/C18H25NO6S/c1-10-5-7-13(8-6-10)26-18-17(22-4)15(19)16(24-12(3)21)14(25-18)9-23-11(2)20/h5-8,14-18H,9,19H2,1-4H3. The van der Waals surface area contributed by atoms with Crippen LogP contribution in [-0.2, 0) is 28.5 Å². The predicted molar refractivity (Wildman–Crippen MR) is 96.7 cm³/mol. The van der Waals surface area contributed by atoms with Gasteiger partial charge in [0.25, 0.3) is 0 Å². The molecule has 0 aliphatic carbocycles. The quantitative estimate of drug-likeness (QED) is 0.741. The molecular formula is C18H25NO6S. The van der Waals surface area contributed by atoms with E-state index in [0.717, 1.165) is 10.5 Å². The van der Waals surface area contributed by atoms with Crippen molar-refractivity contribution in [2.24, 2.45) is 5.73 Å². The van der Waals surface area contributed by atoms with Crippen LogP contribution in [0.2, 0.25) is 0 Å². The molecule has 0 spiro atoms. The molecule has 0 aromatic heterocycles. The van der Waals surface area contributed by atoms with Crippen LogP contribution < -0.4 is 5.73 Å². The first-order valence-electron chi connectivity index (χ1n) is 8.29. The summed E-state index contributed by atoms with van der Waals surface area (Å²) in [5.74, 6) is -0.929. The number of nitrogens with two attached hydrogens (primary N) is 1. The second kappa shape index (κ2) is 9.36. The Kier molecular flexibility index (Phi) is 7.45. The SMILES string of the molecule is COC1C(Sc2ccc(C)cc2)OC(COC(C)=O)C(OC(C)=O)C1N. The molecule has 8 heteroatoms. The van der Waals surface area contributed by atoms with Gasteiger partial charge < -0.3 is 24.7 Å². The van der Waals surface area contributed by atoms with Crippen LogP contribution in [0.4, 0.5) is 0 Å². The summed E-state index contributed by atoms with van der Waals surface area (Å²) < 4.78 is 22.0. The highest BCUT2D eigenvalue weighted by atomic mass is 32.2. The molecule has 0 bridgehead atoms. The van der Waals surface area contributed by atoms with Crippen LogP contribution in [-0.4, -0.2) is 55.4 Å². The fraction of sp³-hybridized carbons (Fsp3) is 0.556. The van der Waals surface area contributed by atoms with Crippen molar-refractivity contribution < 1.29 is 28.5 Å². The Morgan fingerprint density at radius 3 is 2.35 bits per heavy atom. The Bertz CT molecular complexity index is 623. The Hall–Kier alpha value is -1.61. The van der Waals surface area contributed by atoms with Crippen molar-refractivity contribution in [2.75, 3.05) is 13.7 Å². The molecule has 2 rings (SSSR count). The molecule has 26 heavy (non-hydrogen) atoms. The number of benzene rings is 1. The molecule has 0 saturated carbocycles. The summed E-state index contributed by atoms with van der Waals surface area (Å²) >= 11 is 1.46. The maximum absolute atomic E-state index is 11.5. The number of hydrogen-bond acceptors (Lipinski definition) is 8. The second-order valence-electron chi connectivity index (χ2n) is 6.13. The molecule has 0 amide bonds. The molecule has 1 saturated heterocycles. The van der Waals surface area contributed by atoms with Crippen molar-refractivity contribution >= 4 is 23.7 Å². The average Bonchev–Trinajstić information content (AvgIpc) is 2.57. The van der Waals surface area contributed by atoms with E-state index in [1.807, 2.05) is 31.2 Å². The number of ether oxygens (including phenoxy) is 4. The fourth-order valence-corrected chi connectivity index (χ4v) is 3.92. The van der Waals surface area contributed by atoms with E-state index in [0.29, 0.717) is 0 Å². The number of methoxy groups -OCH3 is 1. The van der Waals surface area contributed by atoms with Crippen molar-refractivity contribution in [1.29, 1.82) is 0 Å². The van der Waals surface area contributed by atoms with Gasteiger partial charge in [0, 0.05) is 25.9 Å². The minimum Gasteiger partial charge on any atom is -0.463 e. The van der Waals surface area contributed by atoms with Crippen LogP contribution in [0.1, 0.15) is 19.4 Å². The van der Waals surface area contributed by atoms with Crippen LogP contribution in [0.5, 0.6) is 0 Å². The Morgan fingerprint density at radius 2 is 1.81 bits per heavy atom. The summed E-state index contributed by atoms with van der Waals surface area (Å²) in [6, 6.07) is 7.36. The van der Waals surface area contributed by atoms with E-state index < -0.39 is 41.7 Å². The maximum Gasteiger partial charge on any atom is 0.303 e. The van der Waals surface area contributed by atoms with E-state index >= 15 is 0 Å². The van der Waals surface area contributed by atoms with Gasteiger partial charge in [0.2, 0.25) is 0 Å². The molecule has 1 fully saturated rings. The third kappa shape index (κ3) is 5.44. The molecular weight excluding hydrogens is 358 g/mol. The molecule has 144 valence electrons. The first-order valence-corrected chi connectivity index (χ1v) is 9.17. The average molecular weight is 383 g/mol. The lowest BCUT2D eigenvalue weighted by molar-refractivity contribution is -0.196. The van der Waals surface area contributed by atoms with Crippen molar-refractivity contribution in [1.82, 2.24) is 0 Å². The Balaban J connectivity index is 2.20. The lowest BCUT2D eigenvalue weighted by atomic mass is 9.98. The van der Waals surface area contributed by atoms with Crippen LogP contribution >= 0.6 is 11.8 Å². The van der Waals surface area contributed by atoms with Gasteiger partial charge in [-0.2, -0.15) is 0 Å². The topological polar surface area (TPSA) is 97.1 Å². The van der Waals surface area contributed by atoms with Crippen LogP contribution in [0, 0.1) is 6.92 Å².